The molecule has 168 valence electrons. The highest BCUT2D eigenvalue weighted by atomic mass is 32.2. The normalized spacial score (nSPS) is 16.0. The molecule has 0 saturated carbocycles. The van der Waals surface area contributed by atoms with Gasteiger partial charge in [-0.15, -0.1) is 0 Å². The van der Waals surface area contributed by atoms with E-state index in [1.54, 1.807) is 4.90 Å². The number of rotatable bonds is 6. The molecule has 3 amide bonds. The van der Waals surface area contributed by atoms with Crippen molar-refractivity contribution in [1.82, 2.24) is 20.1 Å². The Labute approximate surface area is 181 Å². The molecule has 1 aromatic heterocycles. The number of hydrogen-bond acceptors (Lipinski definition) is 6. The average Bonchev–Trinajstić information content (AvgIpc) is 3.07. The summed E-state index contributed by atoms with van der Waals surface area (Å²) in [7, 11) is -3.94. The standard InChI is InChI=1S/C20H27N5O5S/c1-13-18(15(3)30-23-13)31(28,29)24-14(2)19(26)21-17-9-11-25(12-10-17)20(27)22-16-7-5-4-6-8-16/h4-8,14,17,24H,9-12H2,1-3H3,(H,21,26)(H,22,27)/t14-/m0/s1. The predicted octanol–water partition coefficient (Wildman–Crippen LogP) is 1.77. The Morgan fingerprint density at radius 2 is 1.81 bits per heavy atom. The molecule has 1 aliphatic rings. The van der Waals surface area contributed by atoms with Crippen LogP contribution in [0.15, 0.2) is 39.8 Å². The van der Waals surface area contributed by atoms with Crippen LogP contribution < -0.4 is 15.4 Å². The number of likely N-dealkylation sites (tertiary alicyclic amines) is 1. The maximum Gasteiger partial charge on any atom is 0.321 e. The zero-order chi connectivity index (χ0) is 22.6. The Hall–Kier alpha value is -2.92. The Morgan fingerprint density at radius 3 is 2.39 bits per heavy atom. The Morgan fingerprint density at radius 1 is 1.16 bits per heavy atom. The molecule has 1 aromatic carbocycles. The third-order valence-corrected chi connectivity index (χ3v) is 6.90. The van der Waals surface area contributed by atoms with Crippen molar-refractivity contribution in [2.24, 2.45) is 0 Å². The number of aryl methyl sites for hydroxylation is 2. The van der Waals surface area contributed by atoms with Crippen molar-refractivity contribution < 1.29 is 22.5 Å². The number of nitrogens with one attached hydrogen (secondary N) is 3. The number of urea groups is 1. The summed E-state index contributed by atoms with van der Waals surface area (Å²) >= 11 is 0. The fraction of sp³-hybridized carbons (Fsp3) is 0.450. The van der Waals surface area contributed by atoms with Gasteiger partial charge in [-0.1, -0.05) is 23.4 Å². The van der Waals surface area contributed by atoms with Crippen molar-refractivity contribution in [2.75, 3.05) is 18.4 Å². The lowest BCUT2D eigenvalue weighted by atomic mass is 10.0. The van der Waals surface area contributed by atoms with E-state index in [1.165, 1.54) is 20.8 Å². The van der Waals surface area contributed by atoms with E-state index >= 15 is 0 Å². The molecule has 2 heterocycles. The zero-order valence-electron chi connectivity index (χ0n) is 17.7. The van der Waals surface area contributed by atoms with Crippen LogP contribution in [0.5, 0.6) is 0 Å². The summed E-state index contributed by atoms with van der Waals surface area (Å²) in [5.41, 5.74) is 0.959. The molecular weight excluding hydrogens is 422 g/mol. The molecule has 1 fully saturated rings. The van der Waals surface area contributed by atoms with Crippen LogP contribution in [0.25, 0.3) is 0 Å². The number of piperidine rings is 1. The summed E-state index contributed by atoms with van der Waals surface area (Å²) in [6.45, 7) is 5.48. The maximum absolute atomic E-state index is 12.6. The maximum atomic E-state index is 12.6. The molecular formula is C20H27N5O5S. The van der Waals surface area contributed by atoms with Gasteiger partial charge in [0.1, 0.15) is 10.6 Å². The van der Waals surface area contributed by atoms with Crippen LogP contribution in [0.3, 0.4) is 0 Å². The molecule has 1 saturated heterocycles. The largest absolute Gasteiger partial charge is 0.360 e. The molecule has 0 radical (unpaired) electrons. The van der Waals surface area contributed by atoms with E-state index < -0.39 is 22.0 Å². The number of sulfonamides is 1. The second-order valence-corrected chi connectivity index (χ2v) is 9.21. The number of anilines is 1. The van der Waals surface area contributed by atoms with Gasteiger partial charge in [-0.2, -0.15) is 4.72 Å². The van der Waals surface area contributed by atoms with Crippen LogP contribution in [0, 0.1) is 13.8 Å². The third kappa shape index (κ3) is 5.61. The summed E-state index contributed by atoms with van der Waals surface area (Å²) in [4.78, 5) is 26.5. The number of carbonyl (C=O) groups is 2. The number of benzene rings is 1. The summed E-state index contributed by atoms with van der Waals surface area (Å²) in [5, 5.41) is 9.35. The van der Waals surface area contributed by atoms with Gasteiger partial charge in [0.25, 0.3) is 0 Å². The summed E-state index contributed by atoms with van der Waals surface area (Å²) < 4.78 is 32.4. The lowest BCUT2D eigenvalue weighted by Gasteiger charge is -2.33. The highest BCUT2D eigenvalue weighted by Crippen LogP contribution is 2.19. The Kier molecular flexibility index (Phi) is 6.96. The van der Waals surface area contributed by atoms with E-state index in [-0.39, 0.29) is 28.4 Å². The first-order chi connectivity index (χ1) is 14.7. The van der Waals surface area contributed by atoms with E-state index in [0.29, 0.717) is 25.9 Å². The number of nitrogens with zero attached hydrogens (tertiary/aromatic N) is 2. The lowest BCUT2D eigenvalue weighted by molar-refractivity contribution is -0.123. The monoisotopic (exact) mass is 449 g/mol. The summed E-state index contributed by atoms with van der Waals surface area (Å²) in [6.07, 6.45) is 1.16. The van der Waals surface area contributed by atoms with Crippen molar-refractivity contribution in [1.29, 1.82) is 0 Å². The van der Waals surface area contributed by atoms with Gasteiger partial charge in [0.2, 0.25) is 15.9 Å². The van der Waals surface area contributed by atoms with E-state index in [4.69, 9.17) is 4.52 Å². The SMILES string of the molecule is Cc1noc(C)c1S(=O)(=O)N[C@@H](C)C(=O)NC1CCN(C(=O)Nc2ccccc2)CC1. The number of para-hydroxylation sites is 1. The second-order valence-electron chi connectivity index (χ2n) is 7.56. The van der Waals surface area contributed by atoms with E-state index in [9.17, 15) is 18.0 Å². The van der Waals surface area contributed by atoms with Crippen LogP contribution >= 0.6 is 0 Å². The molecule has 11 heteroatoms. The number of aromatic nitrogens is 1. The predicted molar refractivity (Wildman–Crippen MR) is 114 cm³/mol. The molecule has 0 unspecified atom stereocenters. The van der Waals surface area contributed by atoms with Gasteiger partial charge in [-0.25, -0.2) is 13.2 Å². The highest BCUT2D eigenvalue weighted by Gasteiger charge is 2.30. The van der Waals surface area contributed by atoms with Gasteiger partial charge in [-0.05, 0) is 45.7 Å². The van der Waals surface area contributed by atoms with Gasteiger partial charge >= 0.3 is 6.03 Å². The molecule has 31 heavy (non-hydrogen) atoms. The highest BCUT2D eigenvalue weighted by molar-refractivity contribution is 7.89. The van der Waals surface area contributed by atoms with Crippen LogP contribution in [0.2, 0.25) is 0 Å². The van der Waals surface area contributed by atoms with Crippen molar-refractivity contribution in [3.05, 3.63) is 41.8 Å². The van der Waals surface area contributed by atoms with Gasteiger partial charge in [0.15, 0.2) is 5.76 Å². The van der Waals surface area contributed by atoms with E-state index in [1.807, 2.05) is 30.3 Å². The first-order valence-electron chi connectivity index (χ1n) is 10.0. The summed E-state index contributed by atoms with van der Waals surface area (Å²) in [5.74, 6) is -0.263. The van der Waals surface area contributed by atoms with Crippen molar-refractivity contribution in [3.8, 4) is 0 Å². The van der Waals surface area contributed by atoms with Gasteiger partial charge in [-0.3, -0.25) is 4.79 Å². The molecule has 10 nitrogen and oxygen atoms in total. The van der Waals surface area contributed by atoms with Crippen LogP contribution in [0.4, 0.5) is 10.5 Å². The minimum Gasteiger partial charge on any atom is -0.360 e. The number of amides is 3. The zero-order valence-corrected chi connectivity index (χ0v) is 18.5. The quantitative estimate of drug-likeness (QED) is 0.615. The minimum atomic E-state index is -3.94. The van der Waals surface area contributed by atoms with Gasteiger partial charge in [0, 0.05) is 24.8 Å². The van der Waals surface area contributed by atoms with Crippen LogP contribution in [-0.4, -0.2) is 55.6 Å². The summed E-state index contributed by atoms with van der Waals surface area (Å²) in [6, 6.07) is 7.90. The minimum absolute atomic E-state index is 0.0510. The molecule has 0 spiro atoms. The topological polar surface area (TPSA) is 134 Å². The molecule has 1 atom stereocenters. The average molecular weight is 450 g/mol. The second kappa shape index (κ2) is 9.48. The van der Waals surface area contributed by atoms with Crippen molar-refractivity contribution in [2.45, 2.75) is 50.6 Å². The fourth-order valence-corrected chi connectivity index (χ4v) is 5.01. The Balaban J connectivity index is 1.49. The molecule has 3 rings (SSSR count). The number of carbonyl (C=O) groups excluding carboxylic acids is 2. The fourth-order valence-electron chi connectivity index (χ4n) is 3.48. The smallest absolute Gasteiger partial charge is 0.321 e. The molecule has 0 aliphatic carbocycles. The lowest BCUT2D eigenvalue weighted by Crippen LogP contribution is -2.52. The van der Waals surface area contributed by atoms with E-state index in [0.717, 1.165) is 5.69 Å². The van der Waals surface area contributed by atoms with Crippen LogP contribution in [0.1, 0.15) is 31.2 Å². The van der Waals surface area contributed by atoms with Gasteiger partial charge < -0.3 is 20.1 Å². The molecule has 0 bridgehead atoms. The van der Waals surface area contributed by atoms with E-state index in [2.05, 4.69) is 20.5 Å². The molecule has 2 aromatic rings. The van der Waals surface area contributed by atoms with Crippen molar-refractivity contribution >= 4 is 27.6 Å². The first-order valence-corrected chi connectivity index (χ1v) is 11.5. The number of hydrogen-bond donors (Lipinski definition) is 3. The molecule has 1 aliphatic heterocycles. The van der Waals surface area contributed by atoms with Crippen molar-refractivity contribution in [3.63, 3.8) is 0 Å². The van der Waals surface area contributed by atoms with Gasteiger partial charge in [0.05, 0.1) is 6.04 Å². The third-order valence-electron chi connectivity index (χ3n) is 5.12. The first kappa shape index (κ1) is 22.8. The Bertz CT molecular complexity index is 1010. The molecule has 3 N–H and O–H groups in total. The van der Waals surface area contributed by atoms with Crippen LogP contribution in [-0.2, 0) is 14.8 Å².